The number of aromatic nitrogens is 3. The van der Waals surface area contributed by atoms with Gasteiger partial charge in [0, 0.05) is 33.4 Å². The summed E-state index contributed by atoms with van der Waals surface area (Å²) in [6, 6.07) is 18.3. The number of hydrogen-bond acceptors (Lipinski definition) is 5. The van der Waals surface area contributed by atoms with Crippen molar-refractivity contribution in [1.29, 1.82) is 0 Å². The van der Waals surface area contributed by atoms with Crippen molar-refractivity contribution in [1.82, 2.24) is 14.8 Å². The summed E-state index contributed by atoms with van der Waals surface area (Å²) in [5.74, 6) is 1.62. The van der Waals surface area contributed by atoms with E-state index < -0.39 is 0 Å². The number of benzene rings is 2. The second-order valence-electron chi connectivity index (χ2n) is 5.94. The molecule has 0 amide bonds. The van der Waals surface area contributed by atoms with Crippen molar-refractivity contribution in [3.05, 3.63) is 64.5 Å². The van der Waals surface area contributed by atoms with Crippen molar-refractivity contribution in [3.8, 4) is 11.4 Å². The predicted molar refractivity (Wildman–Crippen MR) is 114 cm³/mol. The summed E-state index contributed by atoms with van der Waals surface area (Å²) in [6.07, 6.45) is 0. The van der Waals surface area contributed by atoms with Crippen molar-refractivity contribution in [3.63, 3.8) is 0 Å². The average molecular weight is 416 g/mol. The molecule has 2 aromatic heterocycles. The molecule has 4 nitrogen and oxygen atoms in total. The number of methoxy groups -OCH3 is 1. The Morgan fingerprint density at radius 2 is 1.85 bits per heavy atom. The Kier molecular flexibility index (Phi) is 5.78. The first-order valence-corrected chi connectivity index (χ1v) is 10.7. The van der Waals surface area contributed by atoms with Gasteiger partial charge in [-0.3, -0.25) is 4.57 Å². The third-order valence-electron chi connectivity index (χ3n) is 4.20. The van der Waals surface area contributed by atoms with E-state index in [1.54, 1.807) is 30.2 Å². The Balaban J connectivity index is 1.61. The lowest BCUT2D eigenvalue weighted by Gasteiger charge is -2.09. The van der Waals surface area contributed by atoms with Crippen LogP contribution < -0.4 is 0 Å². The monoisotopic (exact) mass is 415 g/mol. The highest BCUT2D eigenvalue weighted by Gasteiger charge is 2.16. The minimum atomic E-state index is 0.606. The SMILES string of the molecule is COCCn1c(SCc2sc3ccccc3c2Cl)nnc1-c1ccccc1. The van der Waals surface area contributed by atoms with Crippen molar-refractivity contribution >= 4 is 44.8 Å². The lowest BCUT2D eigenvalue weighted by atomic mass is 10.2. The fourth-order valence-electron chi connectivity index (χ4n) is 2.87. The van der Waals surface area contributed by atoms with E-state index in [1.807, 2.05) is 42.5 Å². The number of halogens is 1. The molecule has 0 fully saturated rings. The topological polar surface area (TPSA) is 39.9 Å². The Labute approximate surface area is 171 Å². The van der Waals surface area contributed by atoms with Crippen molar-refractivity contribution in [2.45, 2.75) is 17.5 Å². The fraction of sp³-hybridized carbons (Fsp3) is 0.200. The van der Waals surface area contributed by atoms with E-state index in [2.05, 4.69) is 26.9 Å². The third-order valence-corrected chi connectivity index (χ3v) is 7.09. The Bertz CT molecular complexity index is 1050. The zero-order valence-electron chi connectivity index (χ0n) is 14.8. The van der Waals surface area contributed by atoms with Crippen LogP contribution in [0.5, 0.6) is 0 Å². The summed E-state index contributed by atoms with van der Waals surface area (Å²) in [7, 11) is 1.70. The van der Waals surface area contributed by atoms with Gasteiger partial charge >= 0.3 is 0 Å². The van der Waals surface area contributed by atoms with Gasteiger partial charge in [-0.15, -0.1) is 21.5 Å². The van der Waals surface area contributed by atoms with Crippen molar-refractivity contribution < 1.29 is 4.74 Å². The summed E-state index contributed by atoms with van der Waals surface area (Å²) in [4.78, 5) is 1.16. The maximum absolute atomic E-state index is 6.58. The van der Waals surface area contributed by atoms with E-state index in [4.69, 9.17) is 16.3 Å². The summed E-state index contributed by atoms with van der Waals surface area (Å²) >= 11 is 9.97. The predicted octanol–water partition coefficient (Wildman–Crippen LogP) is 5.75. The molecule has 0 spiro atoms. The molecule has 0 unspecified atom stereocenters. The number of rotatable bonds is 7. The van der Waals surface area contributed by atoms with Crippen LogP contribution >= 0.6 is 34.7 Å². The molecule has 2 aromatic carbocycles. The van der Waals surface area contributed by atoms with E-state index >= 15 is 0 Å². The fourth-order valence-corrected chi connectivity index (χ4v) is 5.49. The van der Waals surface area contributed by atoms with E-state index in [0.717, 1.165) is 37.6 Å². The first-order chi connectivity index (χ1) is 13.3. The lowest BCUT2D eigenvalue weighted by molar-refractivity contribution is 0.185. The summed E-state index contributed by atoms with van der Waals surface area (Å²) in [5.41, 5.74) is 1.05. The van der Waals surface area contributed by atoms with E-state index in [1.165, 1.54) is 4.70 Å². The lowest BCUT2D eigenvalue weighted by Crippen LogP contribution is -2.07. The number of thioether (sulfide) groups is 1. The molecule has 27 heavy (non-hydrogen) atoms. The number of fused-ring (bicyclic) bond motifs is 1. The minimum Gasteiger partial charge on any atom is -0.383 e. The summed E-state index contributed by atoms with van der Waals surface area (Å²) < 4.78 is 8.61. The average Bonchev–Trinajstić information content (AvgIpc) is 3.26. The van der Waals surface area contributed by atoms with Gasteiger partial charge in [-0.25, -0.2) is 0 Å². The van der Waals surface area contributed by atoms with Crippen LogP contribution in [0.2, 0.25) is 5.02 Å². The molecule has 0 saturated carbocycles. The van der Waals surface area contributed by atoms with Crippen LogP contribution in [0.4, 0.5) is 0 Å². The van der Waals surface area contributed by atoms with E-state index in [-0.39, 0.29) is 0 Å². The molecule has 138 valence electrons. The smallest absolute Gasteiger partial charge is 0.191 e. The van der Waals surface area contributed by atoms with Crippen LogP contribution in [0.3, 0.4) is 0 Å². The third kappa shape index (κ3) is 3.89. The number of hydrogen-bond donors (Lipinski definition) is 0. The maximum atomic E-state index is 6.58. The summed E-state index contributed by atoms with van der Waals surface area (Å²) in [6.45, 7) is 1.31. The molecule has 0 N–H and O–H groups in total. The molecule has 4 aromatic rings. The number of ether oxygens (including phenoxy) is 1. The van der Waals surface area contributed by atoms with Gasteiger partial charge in [-0.2, -0.15) is 0 Å². The van der Waals surface area contributed by atoms with Gasteiger partial charge in [0.1, 0.15) is 0 Å². The highest BCUT2D eigenvalue weighted by atomic mass is 35.5. The minimum absolute atomic E-state index is 0.606. The van der Waals surface area contributed by atoms with Crippen LogP contribution in [0, 0.1) is 0 Å². The van der Waals surface area contributed by atoms with Gasteiger partial charge in [-0.1, -0.05) is 71.9 Å². The van der Waals surface area contributed by atoms with Crippen molar-refractivity contribution in [2.75, 3.05) is 13.7 Å². The normalized spacial score (nSPS) is 11.3. The van der Waals surface area contributed by atoms with Gasteiger partial charge < -0.3 is 4.74 Å². The van der Waals surface area contributed by atoms with Crippen LogP contribution in [-0.4, -0.2) is 28.5 Å². The second-order valence-corrected chi connectivity index (χ2v) is 8.40. The Hall–Kier alpha value is -1.86. The zero-order chi connectivity index (χ0) is 18.6. The first-order valence-electron chi connectivity index (χ1n) is 8.54. The van der Waals surface area contributed by atoms with Crippen LogP contribution in [0.15, 0.2) is 59.8 Å². The van der Waals surface area contributed by atoms with Gasteiger partial charge in [0.2, 0.25) is 0 Å². The van der Waals surface area contributed by atoms with Gasteiger partial charge in [0.05, 0.1) is 18.2 Å². The van der Waals surface area contributed by atoms with Crippen molar-refractivity contribution in [2.24, 2.45) is 0 Å². The Morgan fingerprint density at radius 3 is 2.63 bits per heavy atom. The molecule has 0 aliphatic heterocycles. The molecule has 0 saturated heterocycles. The van der Waals surface area contributed by atoms with Crippen LogP contribution in [0.25, 0.3) is 21.5 Å². The molecule has 0 radical (unpaired) electrons. The number of thiophene rings is 1. The maximum Gasteiger partial charge on any atom is 0.191 e. The Morgan fingerprint density at radius 1 is 1.07 bits per heavy atom. The van der Waals surface area contributed by atoms with Gasteiger partial charge in [-0.05, 0) is 6.07 Å². The molecule has 2 heterocycles. The largest absolute Gasteiger partial charge is 0.383 e. The highest BCUT2D eigenvalue weighted by Crippen LogP contribution is 2.38. The van der Waals surface area contributed by atoms with Gasteiger partial charge in [0.15, 0.2) is 11.0 Å². The first kappa shape index (κ1) is 18.5. The van der Waals surface area contributed by atoms with Gasteiger partial charge in [0.25, 0.3) is 0 Å². The van der Waals surface area contributed by atoms with E-state index in [0.29, 0.717) is 13.2 Å². The zero-order valence-corrected chi connectivity index (χ0v) is 17.2. The number of nitrogens with zero attached hydrogens (tertiary/aromatic N) is 3. The van der Waals surface area contributed by atoms with E-state index in [9.17, 15) is 0 Å². The van der Waals surface area contributed by atoms with Crippen LogP contribution in [0.1, 0.15) is 4.88 Å². The second kappa shape index (κ2) is 8.44. The molecule has 0 aliphatic rings. The molecule has 0 bridgehead atoms. The molecule has 7 heteroatoms. The highest BCUT2D eigenvalue weighted by molar-refractivity contribution is 7.98. The van der Waals surface area contributed by atoms with Crippen LogP contribution in [-0.2, 0) is 17.0 Å². The standard InChI is InChI=1S/C20H18ClN3OS2/c1-25-12-11-24-19(14-7-3-2-4-8-14)22-23-20(24)26-13-17-18(21)15-9-5-6-10-16(15)27-17/h2-10H,11-13H2,1H3. The molecule has 0 atom stereocenters. The molecule has 4 rings (SSSR count). The summed E-state index contributed by atoms with van der Waals surface area (Å²) in [5, 5.41) is 11.7. The quantitative estimate of drug-likeness (QED) is 0.360. The molecular weight excluding hydrogens is 398 g/mol. The molecular formula is C20H18ClN3OS2. The molecule has 0 aliphatic carbocycles.